The van der Waals surface area contributed by atoms with Gasteiger partial charge in [-0.1, -0.05) is 18.2 Å². The van der Waals surface area contributed by atoms with Crippen molar-refractivity contribution in [2.75, 3.05) is 12.9 Å². The lowest BCUT2D eigenvalue weighted by Gasteiger charge is -2.21. The fourth-order valence-electron chi connectivity index (χ4n) is 2.06. The second kappa shape index (κ2) is 6.66. The molecule has 0 aliphatic rings. The number of hydrogen-bond acceptors (Lipinski definition) is 4. The van der Waals surface area contributed by atoms with E-state index in [1.165, 1.54) is 0 Å². The Labute approximate surface area is 122 Å². The fraction of sp³-hybridized carbons (Fsp3) is 0.429. The molecule has 0 spiro atoms. The van der Waals surface area contributed by atoms with Gasteiger partial charge in [-0.25, -0.2) is 0 Å². The van der Waals surface area contributed by atoms with E-state index in [0.29, 0.717) is 11.8 Å². The average molecular weight is 300 g/mol. The number of benzene rings is 1. The van der Waals surface area contributed by atoms with Crippen LogP contribution in [0, 0.1) is 0 Å². The minimum Gasteiger partial charge on any atom is -0.444 e. The molecule has 1 heterocycles. The molecule has 19 heavy (non-hydrogen) atoms. The van der Waals surface area contributed by atoms with Gasteiger partial charge in [-0.3, -0.25) is 0 Å². The fourth-order valence-corrected chi connectivity index (χ4v) is 2.97. The maximum atomic E-state index is 9.27. The van der Waals surface area contributed by atoms with Crippen LogP contribution in [0.5, 0.6) is 0 Å². The largest absolute Gasteiger partial charge is 0.444 e. The number of thioether (sulfide) groups is 1. The predicted molar refractivity (Wildman–Crippen MR) is 81.9 cm³/mol. The third-order valence-electron chi connectivity index (χ3n) is 3.29. The number of furan rings is 1. The van der Waals surface area contributed by atoms with Gasteiger partial charge in [-0.15, -0.1) is 0 Å². The second-order valence-electron chi connectivity index (χ2n) is 4.48. The highest BCUT2D eigenvalue weighted by Crippen LogP contribution is 2.29. The van der Waals surface area contributed by atoms with Gasteiger partial charge >= 0.3 is 0 Å². The first-order valence-corrected chi connectivity index (χ1v) is 7.87. The van der Waals surface area contributed by atoms with E-state index in [9.17, 15) is 5.11 Å². The summed E-state index contributed by atoms with van der Waals surface area (Å²) in [6.07, 6.45) is 2.00. The number of para-hydroxylation sites is 1. The summed E-state index contributed by atoms with van der Waals surface area (Å²) in [4.78, 5) is 0. The summed E-state index contributed by atoms with van der Waals surface area (Å²) < 4.78 is 5.52. The highest BCUT2D eigenvalue weighted by atomic mass is 35.5. The molecular weight excluding hydrogens is 282 g/mol. The van der Waals surface area contributed by atoms with E-state index in [4.69, 9.17) is 16.0 Å². The molecule has 0 amide bonds. The molecule has 0 radical (unpaired) electrons. The molecule has 0 saturated carbocycles. The molecule has 0 aliphatic carbocycles. The molecule has 2 rings (SSSR count). The Morgan fingerprint density at radius 1 is 1.42 bits per heavy atom. The maximum Gasteiger partial charge on any atom is 0.199 e. The van der Waals surface area contributed by atoms with E-state index in [0.717, 1.165) is 16.5 Å². The van der Waals surface area contributed by atoms with E-state index >= 15 is 0 Å². The van der Waals surface area contributed by atoms with Gasteiger partial charge in [0.15, 0.2) is 5.22 Å². The highest BCUT2D eigenvalue weighted by Gasteiger charge is 2.17. The summed E-state index contributed by atoms with van der Waals surface area (Å²) in [5.41, 5.74) is 1.78. The van der Waals surface area contributed by atoms with Crippen molar-refractivity contribution in [2.45, 2.75) is 24.8 Å². The zero-order valence-electron chi connectivity index (χ0n) is 11.0. The quantitative estimate of drug-likeness (QED) is 0.859. The lowest BCUT2D eigenvalue weighted by molar-refractivity contribution is 0.276. The Bertz CT molecular complexity index is 539. The van der Waals surface area contributed by atoms with E-state index in [-0.39, 0.29) is 17.9 Å². The Balaban J connectivity index is 2.11. The van der Waals surface area contributed by atoms with Crippen molar-refractivity contribution >= 4 is 34.3 Å². The van der Waals surface area contributed by atoms with Gasteiger partial charge in [0.25, 0.3) is 0 Å². The molecule has 3 nitrogen and oxygen atoms in total. The number of fused-ring (bicyclic) bond motifs is 1. The first-order chi connectivity index (χ1) is 9.17. The number of rotatable bonds is 6. The zero-order valence-corrected chi connectivity index (χ0v) is 12.6. The molecule has 1 aromatic carbocycles. The molecule has 104 valence electrons. The number of hydrogen-bond donors (Lipinski definition) is 2. The zero-order chi connectivity index (χ0) is 13.8. The Morgan fingerprint density at radius 2 is 2.16 bits per heavy atom. The number of aliphatic hydroxyl groups excluding tert-OH is 1. The van der Waals surface area contributed by atoms with E-state index < -0.39 is 0 Å². The first-order valence-electron chi connectivity index (χ1n) is 6.20. The molecule has 0 bridgehead atoms. The third-order valence-corrected chi connectivity index (χ3v) is 4.76. The van der Waals surface area contributed by atoms with Crippen LogP contribution in [0.15, 0.2) is 28.7 Å². The van der Waals surface area contributed by atoms with Gasteiger partial charge < -0.3 is 14.8 Å². The molecule has 2 atom stereocenters. The van der Waals surface area contributed by atoms with Gasteiger partial charge in [0, 0.05) is 28.8 Å². The average Bonchev–Trinajstić information content (AvgIpc) is 2.73. The van der Waals surface area contributed by atoms with Crippen LogP contribution >= 0.6 is 23.4 Å². The van der Waals surface area contributed by atoms with E-state index in [1.54, 1.807) is 11.8 Å². The Morgan fingerprint density at radius 3 is 2.84 bits per heavy atom. The van der Waals surface area contributed by atoms with Crippen molar-refractivity contribution in [2.24, 2.45) is 0 Å². The molecule has 0 fully saturated rings. The van der Waals surface area contributed by atoms with Crippen LogP contribution in [0.3, 0.4) is 0 Å². The molecule has 2 aromatic rings. The van der Waals surface area contributed by atoms with Crippen LogP contribution in [-0.2, 0) is 6.54 Å². The smallest absolute Gasteiger partial charge is 0.199 e. The first kappa shape index (κ1) is 14.7. The van der Waals surface area contributed by atoms with E-state index in [1.807, 2.05) is 30.5 Å². The molecular formula is C14H18ClNO2S. The van der Waals surface area contributed by atoms with Gasteiger partial charge in [0.2, 0.25) is 0 Å². The van der Waals surface area contributed by atoms with Crippen molar-refractivity contribution in [1.29, 1.82) is 0 Å². The van der Waals surface area contributed by atoms with Crippen LogP contribution in [0.2, 0.25) is 5.22 Å². The van der Waals surface area contributed by atoms with Crippen LogP contribution in [-0.4, -0.2) is 29.3 Å². The number of aliphatic hydroxyl groups is 1. The van der Waals surface area contributed by atoms with Crippen molar-refractivity contribution in [3.8, 4) is 0 Å². The van der Waals surface area contributed by atoms with Crippen molar-refractivity contribution in [3.63, 3.8) is 0 Å². The van der Waals surface area contributed by atoms with Gasteiger partial charge in [-0.05, 0) is 30.8 Å². The predicted octanol–water partition coefficient (Wildman–Crippen LogP) is 3.29. The summed E-state index contributed by atoms with van der Waals surface area (Å²) in [7, 11) is 0. The summed E-state index contributed by atoms with van der Waals surface area (Å²) >= 11 is 7.79. The molecule has 2 unspecified atom stereocenters. The molecule has 2 N–H and O–H groups in total. The van der Waals surface area contributed by atoms with Gasteiger partial charge in [0.1, 0.15) is 5.58 Å². The van der Waals surface area contributed by atoms with Crippen LogP contribution < -0.4 is 5.32 Å². The Hall–Kier alpha value is -0.680. The minimum absolute atomic E-state index is 0.162. The van der Waals surface area contributed by atoms with Crippen LogP contribution in [0.1, 0.15) is 12.5 Å². The molecule has 0 aliphatic heterocycles. The van der Waals surface area contributed by atoms with Crippen LogP contribution in [0.25, 0.3) is 11.0 Å². The summed E-state index contributed by atoms with van der Waals surface area (Å²) in [6.45, 7) is 2.86. The molecule has 1 aromatic heterocycles. The molecule has 0 saturated heterocycles. The van der Waals surface area contributed by atoms with E-state index in [2.05, 4.69) is 12.2 Å². The van der Waals surface area contributed by atoms with Crippen LogP contribution in [0.4, 0.5) is 0 Å². The number of nitrogens with one attached hydrogen (secondary N) is 1. The van der Waals surface area contributed by atoms with Gasteiger partial charge in [-0.2, -0.15) is 11.8 Å². The summed E-state index contributed by atoms with van der Waals surface area (Å²) in [6, 6.07) is 8.01. The van der Waals surface area contributed by atoms with Gasteiger partial charge in [0.05, 0.1) is 6.61 Å². The highest BCUT2D eigenvalue weighted by molar-refractivity contribution is 7.99. The van der Waals surface area contributed by atoms with Crippen molar-refractivity contribution in [3.05, 3.63) is 35.0 Å². The monoisotopic (exact) mass is 299 g/mol. The summed E-state index contributed by atoms with van der Waals surface area (Å²) in [5, 5.41) is 14.3. The third kappa shape index (κ3) is 3.26. The normalized spacial score (nSPS) is 14.7. The lowest BCUT2D eigenvalue weighted by Crippen LogP contribution is -2.37. The standard InChI is InChI=1S/C14H18ClNO2S/c1-9(13(8-17)19-2)16-7-11-10-5-3-4-6-12(10)18-14(11)15/h3-6,9,13,16-17H,7-8H2,1-2H3. The van der Waals surface area contributed by atoms with Crippen molar-refractivity contribution in [1.82, 2.24) is 5.32 Å². The summed E-state index contributed by atoms with van der Waals surface area (Å²) in [5.74, 6) is 0. The maximum absolute atomic E-state index is 9.27. The Kier molecular flexibility index (Phi) is 5.16. The number of halogens is 1. The lowest BCUT2D eigenvalue weighted by atomic mass is 10.1. The minimum atomic E-state index is 0.162. The van der Waals surface area contributed by atoms with Crippen molar-refractivity contribution < 1.29 is 9.52 Å². The SMILES string of the molecule is CSC(CO)C(C)NCc1c(Cl)oc2ccccc12. The molecule has 5 heteroatoms. The topological polar surface area (TPSA) is 45.4 Å². The second-order valence-corrected chi connectivity index (χ2v) is 5.90.